The molecule has 0 bridgehead atoms. The van der Waals surface area contributed by atoms with E-state index in [-0.39, 0.29) is 41.6 Å². The largest absolute Gasteiger partial charge is 0.495 e. The molecule has 0 aliphatic carbocycles. The van der Waals surface area contributed by atoms with Gasteiger partial charge in [0.1, 0.15) is 5.75 Å². The molecule has 0 aromatic heterocycles. The third kappa shape index (κ3) is 6.02. The normalized spacial score (nSPS) is 10.8. The summed E-state index contributed by atoms with van der Waals surface area (Å²) in [5.41, 5.74) is 0.292. The van der Waals surface area contributed by atoms with Crippen molar-refractivity contribution in [1.82, 2.24) is 5.32 Å². The Morgan fingerprint density at radius 2 is 1.94 bits per heavy atom. The van der Waals surface area contributed by atoms with Gasteiger partial charge in [-0.3, -0.25) is 13.9 Å². The first kappa shape index (κ1) is 25.2. The number of sulfonamides is 1. The van der Waals surface area contributed by atoms with Crippen molar-refractivity contribution in [1.29, 1.82) is 0 Å². The van der Waals surface area contributed by atoms with E-state index in [1.165, 1.54) is 31.4 Å². The molecule has 0 unspecified atom stereocenters. The second kappa shape index (κ2) is 11.5. The number of amides is 1. The predicted octanol–water partition coefficient (Wildman–Crippen LogP) is 3.41. The van der Waals surface area contributed by atoms with Crippen molar-refractivity contribution in [3.63, 3.8) is 0 Å². The zero-order valence-electron chi connectivity index (χ0n) is 17.8. The fraction of sp³-hybridized carbons (Fsp3) is 0.273. The number of hydrogen-bond donors (Lipinski definition) is 1. The summed E-state index contributed by atoms with van der Waals surface area (Å²) < 4.78 is 38.1. The Morgan fingerprint density at radius 3 is 2.59 bits per heavy atom. The smallest absolute Gasteiger partial charge is 0.307 e. The van der Waals surface area contributed by atoms with Crippen LogP contribution in [-0.2, 0) is 19.6 Å². The summed E-state index contributed by atoms with van der Waals surface area (Å²) in [7, 11) is -2.65. The van der Waals surface area contributed by atoms with Crippen molar-refractivity contribution in [2.75, 3.05) is 31.1 Å². The second-order valence-electron chi connectivity index (χ2n) is 6.45. The summed E-state index contributed by atoms with van der Waals surface area (Å²) in [6.45, 7) is 5.57. The van der Waals surface area contributed by atoms with E-state index in [1.807, 2.05) is 0 Å². The van der Waals surface area contributed by atoms with E-state index >= 15 is 0 Å². The number of esters is 1. The number of hydrogen-bond acceptors (Lipinski definition) is 6. The number of rotatable bonds is 11. The van der Waals surface area contributed by atoms with Crippen LogP contribution in [0.1, 0.15) is 23.7 Å². The number of ether oxygens (including phenoxy) is 2. The third-order valence-electron chi connectivity index (χ3n) is 4.34. The summed E-state index contributed by atoms with van der Waals surface area (Å²) >= 11 is 6.14. The van der Waals surface area contributed by atoms with E-state index in [0.717, 1.165) is 4.31 Å². The fourth-order valence-electron chi connectivity index (χ4n) is 2.85. The average Bonchev–Trinajstić information content (AvgIpc) is 2.77. The average molecular weight is 481 g/mol. The number of benzene rings is 2. The lowest BCUT2D eigenvalue weighted by atomic mass is 10.2. The van der Waals surface area contributed by atoms with Crippen molar-refractivity contribution in [2.45, 2.75) is 18.2 Å². The maximum Gasteiger partial charge on any atom is 0.307 e. The number of carbonyl (C=O) groups excluding carboxylic acids is 2. The summed E-state index contributed by atoms with van der Waals surface area (Å²) in [6.07, 6.45) is 1.43. The molecule has 2 aromatic carbocycles. The van der Waals surface area contributed by atoms with Crippen molar-refractivity contribution >= 4 is 39.2 Å². The van der Waals surface area contributed by atoms with Crippen LogP contribution in [0, 0.1) is 0 Å². The molecule has 0 aliphatic rings. The Hall–Kier alpha value is -3.04. The Labute approximate surface area is 192 Å². The van der Waals surface area contributed by atoms with E-state index in [9.17, 15) is 18.0 Å². The van der Waals surface area contributed by atoms with Gasteiger partial charge < -0.3 is 14.8 Å². The van der Waals surface area contributed by atoms with Gasteiger partial charge in [0.2, 0.25) is 0 Å². The molecule has 0 aliphatic heterocycles. The van der Waals surface area contributed by atoms with Gasteiger partial charge in [-0.1, -0.05) is 29.8 Å². The monoisotopic (exact) mass is 480 g/mol. The summed E-state index contributed by atoms with van der Waals surface area (Å²) in [6, 6.07) is 10.5. The molecular formula is C22H25ClN2O6S. The highest BCUT2D eigenvalue weighted by Crippen LogP contribution is 2.33. The minimum absolute atomic E-state index is 0.0178. The summed E-state index contributed by atoms with van der Waals surface area (Å²) in [5.74, 6) is -0.695. The molecular weight excluding hydrogens is 456 g/mol. The van der Waals surface area contributed by atoms with E-state index in [0.29, 0.717) is 11.4 Å². The van der Waals surface area contributed by atoms with E-state index < -0.39 is 21.9 Å². The lowest BCUT2D eigenvalue weighted by Crippen LogP contribution is -2.32. The predicted molar refractivity (Wildman–Crippen MR) is 123 cm³/mol. The molecule has 8 nitrogen and oxygen atoms in total. The van der Waals surface area contributed by atoms with Crippen molar-refractivity contribution in [3.8, 4) is 5.75 Å². The molecule has 0 atom stereocenters. The van der Waals surface area contributed by atoms with Gasteiger partial charge in [0.05, 0.1) is 47.9 Å². The molecule has 0 radical (unpaired) electrons. The highest BCUT2D eigenvalue weighted by atomic mass is 35.5. The van der Waals surface area contributed by atoms with Gasteiger partial charge in [0, 0.05) is 6.54 Å². The Kier molecular flexibility index (Phi) is 9.10. The molecule has 1 amide bonds. The van der Waals surface area contributed by atoms with Crippen LogP contribution < -0.4 is 14.4 Å². The summed E-state index contributed by atoms with van der Waals surface area (Å²) in [4.78, 5) is 23.9. The molecule has 0 fully saturated rings. The maximum absolute atomic E-state index is 13.4. The van der Waals surface area contributed by atoms with Crippen LogP contribution in [0.5, 0.6) is 5.75 Å². The molecule has 0 heterocycles. The Balaban J connectivity index is 2.36. The van der Waals surface area contributed by atoms with E-state index in [1.54, 1.807) is 31.2 Å². The first-order valence-corrected chi connectivity index (χ1v) is 11.6. The second-order valence-corrected chi connectivity index (χ2v) is 8.72. The SMILES string of the molecule is C=CCN(c1ccccc1OC)S(=O)(=O)c1ccc(Cl)c(C(=O)NCCC(=O)OCC)c1. The van der Waals surface area contributed by atoms with Crippen LogP contribution in [-0.4, -0.2) is 47.1 Å². The van der Waals surface area contributed by atoms with Gasteiger partial charge in [-0.2, -0.15) is 0 Å². The highest BCUT2D eigenvalue weighted by molar-refractivity contribution is 7.92. The van der Waals surface area contributed by atoms with Crippen LogP contribution in [0.15, 0.2) is 60.0 Å². The van der Waals surface area contributed by atoms with Gasteiger partial charge in [-0.15, -0.1) is 6.58 Å². The van der Waals surface area contributed by atoms with Crippen molar-refractivity contribution in [3.05, 3.63) is 65.7 Å². The third-order valence-corrected chi connectivity index (χ3v) is 6.44. The van der Waals surface area contributed by atoms with Crippen LogP contribution in [0.2, 0.25) is 5.02 Å². The summed E-state index contributed by atoms with van der Waals surface area (Å²) in [5, 5.41) is 2.62. The van der Waals surface area contributed by atoms with Crippen LogP contribution in [0.4, 0.5) is 5.69 Å². The molecule has 2 rings (SSSR count). The first-order valence-electron chi connectivity index (χ1n) is 9.76. The van der Waals surface area contributed by atoms with Gasteiger partial charge >= 0.3 is 5.97 Å². The molecule has 172 valence electrons. The number of anilines is 1. The molecule has 0 saturated carbocycles. The van der Waals surface area contributed by atoms with E-state index in [2.05, 4.69) is 11.9 Å². The molecule has 0 saturated heterocycles. The minimum atomic E-state index is -4.09. The van der Waals surface area contributed by atoms with Gasteiger partial charge in [-0.05, 0) is 37.3 Å². The quantitative estimate of drug-likeness (QED) is 0.390. The number of halogens is 1. The molecule has 2 aromatic rings. The Morgan fingerprint density at radius 1 is 1.22 bits per heavy atom. The van der Waals surface area contributed by atoms with Crippen molar-refractivity contribution in [2.24, 2.45) is 0 Å². The van der Waals surface area contributed by atoms with E-state index in [4.69, 9.17) is 21.1 Å². The lowest BCUT2D eigenvalue weighted by Gasteiger charge is -2.25. The van der Waals surface area contributed by atoms with Gasteiger partial charge in [-0.25, -0.2) is 8.42 Å². The standard InChI is InChI=1S/C22H25ClN2O6S/c1-4-14-25(19-8-6-7-9-20(19)30-3)32(28,29)16-10-11-18(23)17(15-16)22(27)24-13-12-21(26)31-5-2/h4,6-11,15H,1,5,12-14H2,2-3H3,(H,24,27). The highest BCUT2D eigenvalue weighted by Gasteiger charge is 2.28. The molecule has 10 heteroatoms. The number of para-hydroxylation sites is 2. The number of methoxy groups -OCH3 is 1. The minimum Gasteiger partial charge on any atom is -0.495 e. The molecule has 1 N–H and O–H groups in total. The number of carbonyl (C=O) groups is 2. The first-order chi connectivity index (χ1) is 15.3. The van der Waals surface area contributed by atoms with Crippen LogP contribution in [0.25, 0.3) is 0 Å². The van der Waals surface area contributed by atoms with Crippen molar-refractivity contribution < 1.29 is 27.5 Å². The van der Waals surface area contributed by atoms with Crippen LogP contribution >= 0.6 is 11.6 Å². The van der Waals surface area contributed by atoms with Gasteiger partial charge in [0.15, 0.2) is 0 Å². The lowest BCUT2D eigenvalue weighted by molar-refractivity contribution is -0.142. The number of nitrogens with one attached hydrogen (secondary N) is 1. The maximum atomic E-state index is 13.4. The van der Waals surface area contributed by atoms with Gasteiger partial charge in [0.25, 0.3) is 15.9 Å². The topological polar surface area (TPSA) is 102 Å². The zero-order valence-corrected chi connectivity index (χ0v) is 19.4. The number of nitrogens with zero attached hydrogens (tertiary/aromatic N) is 1. The van der Waals surface area contributed by atoms with Crippen LogP contribution in [0.3, 0.4) is 0 Å². The fourth-order valence-corrected chi connectivity index (χ4v) is 4.53. The zero-order chi connectivity index (χ0) is 23.7. The Bertz CT molecular complexity index is 1090. The molecule has 0 spiro atoms. The molecule has 32 heavy (non-hydrogen) atoms.